The van der Waals surface area contributed by atoms with E-state index in [2.05, 4.69) is 15.1 Å². The monoisotopic (exact) mass is 455 g/mol. The van der Waals surface area contributed by atoms with Crippen LogP contribution >= 0.6 is 0 Å². The van der Waals surface area contributed by atoms with Crippen LogP contribution in [0.5, 0.6) is 0 Å². The van der Waals surface area contributed by atoms with Crippen molar-refractivity contribution in [1.29, 1.82) is 0 Å². The number of hydrogen-bond donors (Lipinski definition) is 0. The van der Waals surface area contributed by atoms with Crippen LogP contribution in [0.2, 0.25) is 0 Å². The molecule has 0 N–H and O–H groups in total. The van der Waals surface area contributed by atoms with Gasteiger partial charge in [-0.3, -0.25) is 9.59 Å². The van der Waals surface area contributed by atoms with Gasteiger partial charge in [0, 0.05) is 43.3 Å². The van der Waals surface area contributed by atoms with Crippen LogP contribution < -0.4 is 4.90 Å². The Labute approximate surface area is 200 Å². The first-order valence-corrected chi connectivity index (χ1v) is 11.9. The van der Waals surface area contributed by atoms with E-state index in [1.54, 1.807) is 4.90 Å². The number of benzene rings is 2. The molecule has 2 heterocycles. The molecule has 1 saturated carbocycles. The van der Waals surface area contributed by atoms with E-state index < -0.39 is 0 Å². The molecule has 2 fully saturated rings. The highest BCUT2D eigenvalue weighted by atomic mass is 16.2. The Morgan fingerprint density at radius 1 is 0.882 bits per heavy atom. The molecule has 5 rings (SSSR count). The summed E-state index contributed by atoms with van der Waals surface area (Å²) in [5.74, 6) is 0.793. The first-order valence-electron chi connectivity index (χ1n) is 11.9. The first kappa shape index (κ1) is 22.1. The second-order valence-electron chi connectivity index (χ2n) is 8.99. The van der Waals surface area contributed by atoms with E-state index in [-0.39, 0.29) is 24.4 Å². The number of anilines is 1. The van der Waals surface area contributed by atoms with E-state index in [0.717, 1.165) is 35.5 Å². The maximum atomic E-state index is 13.2. The van der Waals surface area contributed by atoms with Gasteiger partial charge in [0.2, 0.25) is 5.91 Å². The summed E-state index contributed by atoms with van der Waals surface area (Å²) >= 11 is 0. The maximum Gasteiger partial charge on any atom is 0.254 e. The van der Waals surface area contributed by atoms with Gasteiger partial charge in [-0.25, -0.2) is 0 Å². The van der Waals surface area contributed by atoms with Crippen LogP contribution in [-0.4, -0.2) is 70.6 Å². The SMILES string of the molecule is Cc1ccccc1C(=O)N(CC(=O)N1CCN(c2ccc(-c3ccccc3)nn2)CC1)C1CC1. The summed E-state index contributed by atoms with van der Waals surface area (Å²) in [5, 5.41) is 8.80. The number of piperazine rings is 1. The van der Waals surface area contributed by atoms with Crippen molar-refractivity contribution in [3.8, 4) is 11.3 Å². The van der Waals surface area contributed by atoms with Crippen LogP contribution in [0.1, 0.15) is 28.8 Å². The van der Waals surface area contributed by atoms with Gasteiger partial charge in [0.15, 0.2) is 5.82 Å². The molecule has 0 unspecified atom stereocenters. The molecule has 2 amide bonds. The van der Waals surface area contributed by atoms with Crippen molar-refractivity contribution in [2.24, 2.45) is 0 Å². The van der Waals surface area contributed by atoms with Crippen molar-refractivity contribution in [2.75, 3.05) is 37.6 Å². The molecule has 34 heavy (non-hydrogen) atoms. The minimum atomic E-state index is -0.0404. The summed E-state index contributed by atoms with van der Waals surface area (Å²) in [6.07, 6.45) is 1.94. The molecular weight excluding hydrogens is 426 g/mol. The molecule has 1 aromatic heterocycles. The summed E-state index contributed by atoms with van der Waals surface area (Å²) in [7, 11) is 0. The third kappa shape index (κ3) is 4.78. The summed E-state index contributed by atoms with van der Waals surface area (Å²) in [6.45, 7) is 4.69. The van der Waals surface area contributed by atoms with Crippen molar-refractivity contribution in [2.45, 2.75) is 25.8 Å². The van der Waals surface area contributed by atoms with Crippen LogP contribution in [0.15, 0.2) is 66.7 Å². The number of rotatable bonds is 6. The average Bonchev–Trinajstić information content (AvgIpc) is 3.73. The van der Waals surface area contributed by atoms with Crippen molar-refractivity contribution in [3.63, 3.8) is 0 Å². The van der Waals surface area contributed by atoms with Gasteiger partial charge in [-0.2, -0.15) is 0 Å². The van der Waals surface area contributed by atoms with Crippen LogP contribution in [0.25, 0.3) is 11.3 Å². The molecule has 3 aromatic rings. The molecule has 174 valence electrons. The minimum Gasteiger partial charge on any atom is -0.352 e. The van der Waals surface area contributed by atoms with E-state index in [1.807, 2.05) is 78.6 Å². The fraction of sp³-hybridized carbons (Fsp3) is 0.333. The standard InChI is InChI=1S/C27H29N5O2/c1-20-7-5-6-10-23(20)27(34)32(22-11-12-22)19-26(33)31-17-15-30(16-18-31)25-14-13-24(28-29-25)21-8-3-2-4-9-21/h2-10,13-14,22H,11-12,15-19H2,1H3. The van der Waals surface area contributed by atoms with Crippen molar-refractivity contribution in [3.05, 3.63) is 77.9 Å². The van der Waals surface area contributed by atoms with E-state index >= 15 is 0 Å². The Hall–Kier alpha value is -3.74. The van der Waals surface area contributed by atoms with Gasteiger partial charge in [-0.05, 0) is 43.5 Å². The Morgan fingerprint density at radius 3 is 2.24 bits per heavy atom. The molecule has 0 spiro atoms. The lowest BCUT2D eigenvalue weighted by Crippen LogP contribution is -2.52. The predicted molar refractivity (Wildman–Crippen MR) is 131 cm³/mol. The molecular formula is C27H29N5O2. The molecule has 2 aliphatic rings. The quantitative estimate of drug-likeness (QED) is 0.570. The molecule has 0 radical (unpaired) electrons. The number of aromatic nitrogens is 2. The van der Waals surface area contributed by atoms with Crippen LogP contribution in [0, 0.1) is 6.92 Å². The molecule has 1 saturated heterocycles. The Kier molecular flexibility index (Phi) is 6.25. The number of nitrogens with zero attached hydrogens (tertiary/aromatic N) is 5. The molecule has 0 atom stereocenters. The van der Waals surface area contributed by atoms with Gasteiger partial charge < -0.3 is 14.7 Å². The lowest BCUT2D eigenvalue weighted by atomic mass is 10.1. The summed E-state index contributed by atoms with van der Waals surface area (Å²) in [4.78, 5) is 32.0. The van der Waals surface area contributed by atoms with Gasteiger partial charge in [0.1, 0.15) is 6.54 Å². The van der Waals surface area contributed by atoms with E-state index in [9.17, 15) is 9.59 Å². The lowest BCUT2D eigenvalue weighted by Gasteiger charge is -2.36. The molecule has 2 aromatic carbocycles. The number of aryl methyl sites for hydroxylation is 1. The second-order valence-corrected chi connectivity index (χ2v) is 8.99. The van der Waals surface area contributed by atoms with E-state index in [4.69, 9.17) is 0 Å². The third-order valence-electron chi connectivity index (χ3n) is 6.61. The zero-order chi connectivity index (χ0) is 23.5. The van der Waals surface area contributed by atoms with E-state index in [1.165, 1.54) is 0 Å². The summed E-state index contributed by atoms with van der Waals surface area (Å²) in [6, 6.07) is 21.7. The van der Waals surface area contributed by atoms with Crippen molar-refractivity contribution < 1.29 is 9.59 Å². The predicted octanol–water partition coefficient (Wildman–Crippen LogP) is 3.41. The second kappa shape index (κ2) is 9.63. The van der Waals surface area contributed by atoms with Crippen LogP contribution in [0.4, 0.5) is 5.82 Å². The number of carbonyl (C=O) groups excluding carboxylic acids is 2. The van der Waals surface area contributed by atoms with Crippen LogP contribution in [-0.2, 0) is 4.79 Å². The number of hydrogen-bond acceptors (Lipinski definition) is 5. The Balaban J connectivity index is 1.18. The smallest absolute Gasteiger partial charge is 0.254 e. The third-order valence-corrected chi connectivity index (χ3v) is 6.61. The molecule has 0 bridgehead atoms. The van der Waals surface area contributed by atoms with Gasteiger partial charge in [0.05, 0.1) is 5.69 Å². The van der Waals surface area contributed by atoms with Crippen LogP contribution in [0.3, 0.4) is 0 Å². The normalized spacial score (nSPS) is 15.8. The zero-order valence-corrected chi connectivity index (χ0v) is 19.4. The molecule has 7 heteroatoms. The molecule has 1 aliphatic carbocycles. The van der Waals surface area contributed by atoms with Gasteiger partial charge in [0.25, 0.3) is 5.91 Å². The average molecular weight is 456 g/mol. The summed E-state index contributed by atoms with van der Waals surface area (Å²) < 4.78 is 0. The molecule has 7 nitrogen and oxygen atoms in total. The van der Waals surface area contributed by atoms with Gasteiger partial charge in [-0.15, -0.1) is 10.2 Å². The van der Waals surface area contributed by atoms with Gasteiger partial charge >= 0.3 is 0 Å². The fourth-order valence-corrected chi connectivity index (χ4v) is 4.41. The fourth-order valence-electron chi connectivity index (χ4n) is 4.41. The number of carbonyl (C=O) groups is 2. The van der Waals surface area contributed by atoms with Gasteiger partial charge in [-0.1, -0.05) is 48.5 Å². The molecule has 1 aliphatic heterocycles. The maximum absolute atomic E-state index is 13.2. The highest BCUT2D eigenvalue weighted by Gasteiger charge is 2.36. The Bertz CT molecular complexity index is 1150. The van der Waals surface area contributed by atoms with Crippen molar-refractivity contribution >= 4 is 17.6 Å². The highest BCUT2D eigenvalue weighted by Crippen LogP contribution is 2.29. The first-order chi connectivity index (χ1) is 16.6. The highest BCUT2D eigenvalue weighted by molar-refractivity contribution is 5.98. The van der Waals surface area contributed by atoms with E-state index in [0.29, 0.717) is 31.7 Å². The Morgan fingerprint density at radius 2 is 1.59 bits per heavy atom. The summed E-state index contributed by atoms with van der Waals surface area (Å²) in [5.41, 5.74) is 3.51. The van der Waals surface area contributed by atoms with Crippen molar-refractivity contribution in [1.82, 2.24) is 20.0 Å². The topological polar surface area (TPSA) is 69.6 Å². The minimum absolute atomic E-state index is 0.0130. The number of amides is 2. The zero-order valence-electron chi connectivity index (χ0n) is 19.4. The lowest BCUT2D eigenvalue weighted by molar-refractivity contribution is -0.132. The largest absolute Gasteiger partial charge is 0.352 e.